The van der Waals surface area contributed by atoms with Crippen molar-refractivity contribution in [1.29, 1.82) is 0 Å². The lowest BCUT2D eigenvalue weighted by Gasteiger charge is -2.41. The minimum atomic E-state index is -3.27. The largest absolute Gasteiger partial charge is 0.212 e. The molecule has 96 valence electrons. The summed E-state index contributed by atoms with van der Waals surface area (Å²) in [6, 6.07) is -0.637. The Morgan fingerprint density at radius 3 is 1.25 bits per heavy atom. The van der Waals surface area contributed by atoms with Crippen LogP contribution in [0.15, 0.2) is 0 Å². The van der Waals surface area contributed by atoms with E-state index >= 15 is 0 Å². The highest BCUT2D eigenvalue weighted by atomic mass is 32.2. The number of hydrogen-bond donors (Lipinski definition) is 0. The third-order valence-electron chi connectivity index (χ3n) is 2.72. The highest BCUT2D eigenvalue weighted by Crippen LogP contribution is 2.19. The molecule has 0 aromatic rings. The monoisotopic (exact) mass is 270 g/mol. The fourth-order valence-corrected chi connectivity index (χ4v) is 4.40. The van der Waals surface area contributed by atoms with E-state index in [0.717, 1.165) is 12.5 Å². The van der Waals surface area contributed by atoms with E-state index in [4.69, 9.17) is 0 Å². The van der Waals surface area contributed by atoms with Crippen LogP contribution in [0.5, 0.6) is 0 Å². The van der Waals surface area contributed by atoms with E-state index < -0.39 is 20.0 Å². The molecule has 0 amide bonds. The van der Waals surface area contributed by atoms with Crippen LogP contribution in [-0.2, 0) is 20.0 Å². The molecule has 0 N–H and O–H groups in total. The zero-order valence-corrected chi connectivity index (χ0v) is 11.5. The van der Waals surface area contributed by atoms with Crippen LogP contribution in [0, 0.1) is 0 Å². The van der Waals surface area contributed by atoms with Crippen LogP contribution in [0.4, 0.5) is 0 Å². The van der Waals surface area contributed by atoms with Gasteiger partial charge in [-0.05, 0) is 13.8 Å². The molecule has 1 aliphatic rings. The highest BCUT2D eigenvalue weighted by Gasteiger charge is 2.37. The van der Waals surface area contributed by atoms with Crippen LogP contribution in [0.3, 0.4) is 0 Å². The normalized spacial score (nSPS) is 30.5. The molecule has 1 fully saturated rings. The lowest BCUT2D eigenvalue weighted by Crippen LogP contribution is -2.58. The second kappa shape index (κ2) is 4.25. The molecule has 16 heavy (non-hydrogen) atoms. The summed E-state index contributed by atoms with van der Waals surface area (Å²) < 4.78 is 48.5. The quantitative estimate of drug-likeness (QED) is 0.665. The Hall–Kier alpha value is -0.180. The molecule has 8 heteroatoms. The number of nitrogens with zero attached hydrogens (tertiary/aromatic N) is 2. The van der Waals surface area contributed by atoms with Crippen LogP contribution in [0.25, 0.3) is 0 Å². The first kappa shape index (κ1) is 13.9. The Morgan fingerprint density at radius 1 is 0.812 bits per heavy atom. The number of sulfonamides is 2. The van der Waals surface area contributed by atoms with Gasteiger partial charge >= 0.3 is 0 Å². The van der Waals surface area contributed by atoms with E-state index in [0.29, 0.717) is 0 Å². The van der Waals surface area contributed by atoms with E-state index in [1.54, 1.807) is 13.8 Å². The molecule has 2 unspecified atom stereocenters. The molecule has 0 aromatic heterocycles. The van der Waals surface area contributed by atoms with Crippen molar-refractivity contribution in [3.63, 3.8) is 0 Å². The Bertz CT molecular complexity index is 412. The molecule has 2 atom stereocenters. The van der Waals surface area contributed by atoms with E-state index in [9.17, 15) is 16.8 Å². The Kier molecular flexibility index (Phi) is 3.68. The topological polar surface area (TPSA) is 74.8 Å². The molecule has 1 rings (SSSR count). The molecule has 0 aliphatic carbocycles. The summed E-state index contributed by atoms with van der Waals surface area (Å²) in [5.41, 5.74) is 0. The predicted octanol–water partition coefficient (Wildman–Crippen LogP) is -0.700. The van der Waals surface area contributed by atoms with Gasteiger partial charge in [0.15, 0.2) is 0 Å². The van der Waals surface area contributed by atoms with Crippen LogP contribution >= 0.6 is 0 Å². The minimum absolute atomic E-state index is 0.215. The summed E-state index contributed by atoms with van der Waals surface area (Å²) in [5.74, 6) is 0. The van der Waals surface area contributed by atoms with Gasteiger partial charge < -0.3 is 0 Å². The zero-order valence-electron chi connectivity index (χ0n) is 9.91. The van der Waals surface area contributed by atoms with Gasteiger partial charge in [0.05, 0.1) is 12.5 Å². The summed E-state index contributed by atoms with van der Waals surface area (Å²) in [6.07, 6.45) is 2.29. The van der Waals surface area contributed by atoms with Gasteiger partial charge in [-0.25, -0.2) is 16.8 Å². The molecule has 0 radical (unpaired) electrons. The van der Waals surface area contributed by atoms with Gasteiger partial charge in [-0.15, -0.1) is 0 Å². The summed E-state index contributed by atoms with van der Waals surface area (Å²) >= 11 is 0. The van der Waals surface area contributed by atoms with Gasteiger partial charge in [0.25, 0.3) is 0 Å². The molecule has 1 heterocycles. The molecule has 0 saturated carbocycles. The summed E-state index contributed by atoms with van der Waals surface area (Å²) in [5, 5.41) is 0. The SMILES string of the molecule is CC1CN(S(C)(=O)=O)C(C)CN1S(C)(=O)=O. The molecule has 0 spiro atoms. The van der Waals surface area contributed by atoms with Crippen LogP contribution in [0.1, 0.15) is 13.8 Å². The van der Waals surface area contributed by atoms with Gasteiger partial charge in [0, 0.05) is 25.2 Å². The second-order valence-electron chi connectivity index (χ2n) is 4.36. The first-order chi connectivity index (χ1) is 7.03. The molecule has 0 bridgehead atoms. The lowest BCUT2D eigenvalue weighted by atomic mass is 10.2. The van der Waals surface area contributed by atoms with Crippen LogP contribution < -0.4 is 0 Å². The number of piperazine rings is 1. The standard InChI is InChI=1S/C8H18N2O4S2/c1-7-5-10(16(4,13)14)8(2)6-9(7)15(3,11)12/h7-8H,5-6H2,1-4H3. The highest BCUT2D eigenvalue weighted by molar-refractivity contribution is 7.88. The van der Waals surface area contributed by atoms with Crippen molar-refractivity contribution in [2.24, 2.45) is 0 Å². The van der Waals surface area contributed by atoms with Gasteiger partial charge in [-0.3, -0.25) is 0 Å². The van der Waals surface area contributed by atoms with Gasteiger partial charge in [-0.1, -0.05) is 0 Å². The zero-order chi connectivity index (χ0) is 12.7. The van der Waals surface area contributed by atoms with Gasteiger partial charge in [0.1, 0.15) is 0 Å². The maximum atomic E-state index is 11.5. The van der Waals surface area contributed by atoms with Crippen molar-refractivity contribution < 1.29 is 16.8 Å². The van der Waals surface area contributed by atoms with Crippen LogP contribution in [-0.4, -0.2) is 63.1 Å². The van der Waals surface area contributed by atoms with Crippen molar-refractivity contribution in [3.8, 4) is 0 Å². The molecule has 1 saturated heterocycles. The van der Waals surface area contributed by atoms with Crippen molar-refractivity contribution in [2.45, 2.75) is 25.9 Å². The Labute approximate surface area is 97.3 Å². The number of hydrogen-bond acceptors (Lipinski definition) is 4. The summed E-state index contributed by atoms with van der Waals surface area (Å²) in [6.45, 7) is 3.86. The minimum Gasteiger partial charge on any atom is -0.212 e. The molecular weight excluding hydrogens is 252 g/mol. The third-order valence-corrected chi connectivity index (χ3v) is 5.45. The first-order valence-corrected chi connectivity index (χ1v) is 8.66. The van der Waals surface area contributed by atoms with Crippen molar-refractivity contribution in [3.05, 3.63) is 0 Å². The van der Waals surface area contributed by atoms with E-state index in [1.165, 1.54) is 8.61 Å². The lowest BCUT2D eigenvalue weighted by molar-refractivity contribution is 0.165. The predicted molar refractivity (Wildman–Crippen MR) is 62.0 cm³/mol. The maximum Gasteiger partial charge on any atom is 0.211 e. The Balaban J connectivity index is 2.96. The molecule has 1 aliphatic heterocycles. The smallest absolute Gasteiger partial charge is 0.211 e. The molecule has 6 nitrogen and oxygen atoms in total. The van der Waals surface area contributed by atoms with Crippen molar-refractivity contribution >= 4 is 20.0 Å². The van der Waals surface area contributed by atoms with Gasteiger partial charge in [0.2, 0.25) is 20.0 Å². The van der Waals surface area contributed by atoms with Gasteiger partial charge in [-0.2, -0.15) is 8.61 Å². The maximum absolute atomic E-state index is 11.5. The van der Waals surface area contributed by atoms with E-state index in [2.05, 4.69) is 0 Å². The molecule has 0 aromatic carbocycles. The first-order valence-electron chi connectivity index (χ1n) is 4.97. The summed E-state index contributed by atoms with van der Waals surface area (Å²) in [7, 11) is -6.53. The van der Waals surface area contributed by atoms with E-state index in [-0.39, 0.29) is 25.2 Å². The third kappa shape index (κ3) is 2.93. The second-order valence-corrected chi connectivity index (χ2v) is 8.23. The van der Waals surface area contributed by atoms with Crippen LogP contribution in [0.2, 0.25) is 0 Å². The van der Waals surface area contributed by atoms with Crippen molar-refractivity contribution in [2.75, 3.05) is 25.6 Å². The molecular formula is C8H18N2O4S2. The fraction of sp³-hybridized carbons (Fsp3) is 1.00. The van der Waals surface area contributed by atoms with E-state index in [1.807, 2.05) is 0 Å². The summed E-state index contributed by atoms with van der Waals surface area (Å²) in [4.78, 5) is 0. The van der Waals surface area contributed by atoms with Crippen molar-refractivity contribution in [1.82, 2.24) is 8.61 Å². The average molecular weight is 270 g/mol. The number of rotatable bonds is 2. The fourth-order valence-electron chi connectivity index (χ4n) is 1.99. The average Bonchev–Trinajstić information content (AvgIpc) is 2.04. The Morgan fingerprint density at radius 2 is 1.06 bits per heavy atom.